The molecule has 0 bridgehead atoms. The third-order valence-electron chi connectivity index (χ3n) is 3.78. The zero-order valence-corrected chi connectivity index (χ0v) is 12.6. The van der Waals surface area contributed by atoms with E-state index in [2.05, 4.69) is 15.0 Å². The minimum absolute atomic E-state index is 0.0261. The topological polar surface area (TPSA) is 88.2 Å². The predicted molar refractivity (Wildman–Crippen MR) is 83.0 cm³/mol. The van der Waals surface area contributed by atoms with Gasteiger partial charge in [0, 0.05) is 48.7 Å². The minimum Gasteiger partial charge on any atom is -0.379 e. The van der Waals surface area contributed by atoms with Crippen LogP contribution in [0.2, 0.25) is 0 Å². The molecule has 1 aliphatic rings. The fraction of sp³-hybridized carbons (Fsp3) is 0.375. The average Bonchev–Trinajstić information content (AvgIpc) is 2.80. The third kappa shape index (κ3) is 4.01. The van der Waals surface area contributed by atoms with Crippen molar-refractivity contribution in [2.75, 3.05) is 26.3 Å². The summed E-state index contributed by atoms with van der Waals surface area (Å²) in [5, 5.41) is 0. The number of H-pyrrole nitrogens is 1. The largest absolute Gasteiger partial charge is 0.379 e. The summed E-state index contributed by atoms with van der Waals surface area (Å²) in [7, 11) is 0. The van der Waals surface area contributed by atoms with E-state index in [1.165, 1.54) is 12.4 Å². The lowest BCUT2D eigenvalue weighted by Crippen LogP contribution is -2.36. The van der Waals surface area contributed by atoms with E-state index in [4.69, 9.17) is 4.74 Å². The van der Waals surface area contributed by atoms with Crippen molar-refractivity contribution >= 4 is 5.91 Å². The lowest BCUT2D eigenvalue weighted by molar-refractivity contribution is 0.0737. The van der Waals surface area contributed by atoms with Gasteiger partial charge in [-0.1, -0.05) is 0 Å². The van der Waals surface area contributed by atoms with E-state index in [9.17, 15) is 9.59 Å². The molecule has 23 heavy (non-hydrogen) atoms. The molecule has 1 fully saturated rings. The summed E-state index contributed by atoms with van der Waals surface area (Å²) in [6.45, 7) is 2.20. The monoisotopic (exact) mass is 314 g/mol. The zero-order valence-electron chi connectivity index (χ0n) is 12.6. The fourth-order valence-corrected chi connectivity index (χ4v) is 2.68. The van der Waals surface area contributed by atoms with Crippen molar-refractivity contribution in [2.45, 2.75) is 6.42 Å². The quantitative estimate of drug-likeness (QED) is 0.891. The summed E-state index contributed by atoms with van der Waals surface area (Å²) in [5.41, 5.74) is 1.16. The Hall–Kier alpha value is -2.54. The predicted octanol–water partition coefficient (Wildman–Crippen LogP) is 0.496. The van der Waals surface area contributed by atoms with Gasteiger partial charge in [0.15, 0.2) is 0 Å². The number of carbonyl (C=O) groups excluding carboxylic acids is 1. The highest BCUT2D eigenvalue weighted by atomic mass is 16.5. The molecule has 0 aliphatic carbocycles. The van der Waals surface area contributed by atoms with E-state index in [0.29, 0.717) is 44.0 Å². The van der Waals surface area contributed by atoms with Crippen LogP contribution in [0.25, 0.3) is 0 Å². The molecule has 2 aromatic rings. The first-order valence-electron chi connectivity index (χ1n) is 7.53. The summed E-state index contributed by atoms with van der Waals surface area (Å²) >= 11 is 0. The second kappa shape index (κ2) is 7.15. The van der Waals surface area contributed by atoms with Gasteiger partial charge in [-0.2, -0.15) is 0 Å². The highest BCUT2D eigenvalue weighted by Crippen LogP contribution is 2.14. The Labute approximate surface area is 133 Å². The van der Waals surface area contributed by atoms with Gasteiger partial charge in [-0.05, 0) is 18.6 Å². The molecule has 0 aromatic carbocycles. The van der Waals surface area contributed by atoms with Crippen LogP contribution >= 0.6 is 0 Å². The number of nitrogens with zero attached hydrogens (tertiary/aromatic N) is 3. The molecule has 2 aromatic heterocycles. The molecule has 0 saturated carbocycles. The summed E-state index contributed by atoms with van der Waals surface area (Å²) in [6.07, 6.45) is 5.22. The van der Waals surface area contributed by atoms with Gasteiger partial charge >= 0.3 is 0 Å². The maximum atomic E-state index is 12.6. The van der Waals surface area contributed by atoms with E-state index >= 15 is 0 Å². The van der Waals surface area contributed by atoms with Crippen LogP contribution in [0.5, 0.6) is 0 Å². The Balaban J connectivity index is 1.71. The molecule has 1 N–H and O–H groups in total. The minimum atomic E-state index is -0.172. The molecule has 0 radical (unpaired) electrons. The molecule has 0 spiro atoms. The highest BCUT2D eigenvalue weighted by molar-refractivity contribution is 5.94. The van der Waals surface area contributed by atoms with E-state index in [1.807, 2.05) is 0 Å². The lowest BCUT2D eigenvalue weighted by atomic mass is 10.0. The number of hydrogen-bond donors (Lipinski definition) is 1. The van der Waals surface area contributed by atoms with Gasteiger partial charge in [0.05, 0.1) is 19.5 Å². The number of rotatable bonds is 3. The van der Waals surface area contributed by atoms with Gasteiger partial charge < -0.3 is 14.6 Å². The van der Waals surface area contributed by atoms with Gasteiger partial charge in [-0.15, -0.1) is 0 Å². The van der Waals surface area contributed by atoms with Gasteiger partial charge in [-0.3, -0.25) is 14.6 Å². The van der Waals surface area contributed by atoms with E-state index in [0.717, 1.165) is 0 Å². The lowest BCUT2D eigenvalue weighted by Gasteiger charge is -2.23. The molecule has 1 amide bonds. The Morgan fingerprint density at radius 3 is 3.00 bits per heavy atom. The SMILES string of the molecule is O=C(c1ccncc1)N1CCOCC(Cc2cc(=O)[nH]cn2)C1. The Morgan fingerprint density at radius 2 is 2.22 bits per heavy atom. The second-order valence-electron chi connectivity index (χ2n) is 5.53. The molecule has 1 unspecified atom stereocenters. The molecule has 3 rings (SSSR count). The maximum Gasteiger partial charge on any atom is 0.254 e. The first-order valence-corrected chi connectivity index (χ1v) is 7.53. The number of aromatic amines is 1. The number of aromatic nitrogens is 3. The van der Waals surface area contributed by atoms with Gasteiger partial charge in [-0.25, -0.2) is 4.98 Å². The van der Waals surface area contributed by atoms with Crippen LogP contribution in [-0.4, -0.2) is 52.1 Å². The van der Waals surface area contributed by atoms with Gasteiger partial charge in [0.25, 0.3) is 11.5 Å². The smallest absolute Gasteiger partial charge is 0.254 e. The Morgan fingerprint density at radius 1 is 1.39 bits per heavy atom. The van der Waals surface area contributed by atoms with Gasteiger partial charge in [0.1, 0.15) is 0 Å². The molecule has 120 valence electrons. The Kier molecular flexibility index (Phi) is 4.77. The van der Waals surface area contributed by atoms with E-state index < -0.39 is 0 Å². The van der Waals surface area contributed by atoms with Crippen molar-refractivity contribution in [1.29, 1.82) is 0 Å². The number of nitrogens with one attached hydrogen (secondary N) is 1. The Bertz CT molecular complexity index is 717. The molecule has 3 heterocycles. The number of carbonyl (C=O) groups is 1. The van der Waals surface area contributed by atoms with Crippen LogP contribution < -0.4 is 5.56 Å². The summed E-state index contributed by atoms with van der Waals surface area (Å²) < 4.78 is 5.61. The van der Waals surface area contributed by atoms with E-state index in [1.54, 1.807) is 29.4 Å². The molecule has 1 saturated heterocycles. The van der Waals surface area contributed by atoms with E-state index in [-0.39, 0.29) is 17.4 Å². The van der Waals surface area contributed by atoms with Crippen LogP contribution in [0.3, 0.4) is 0 Å². The van der Waals surface area contributed by atoms with Crippen molar-refractivity contribution in [1.82, 2.24) is 19.9 Å². The highest BCUT2D eigenvalue weighted by Gasteiger charge is 2.24. The van der Waals surface area contributed by atoms with Crippen molar-refractivity contribution in [3.05, 3.63) is 58.5 Å². The standard InChI is InChI=1S/C16H18N4O3/c21-15-8-14(18-11-19-15)7-12-9-20(5-6-23-10-12)16(22)13-1-3-17-4-2-13/h1-4,8,11-12H,5-7,9-10H2,(H,18,19,21). The molecule has 1 aliphatic heterocycles. The van der Waals surface area contributed by atoms with Crippen molar-refractivity contribution in [3.8, 4) is 0 Å². The van der Waals surface area contributed by atoms with Crippen LogP contribution in [0.1, 0.15) is 16.1 Å². The first-order chi connectivity index (χ1) is 11.2. The normalized spacial score (nSPS) is 18.4. The average molecular weight is 314 g/mol. The number of hydrogen-bond acceptors (Lipinski definition) is 5. The molecule has 7 heteroatoms. The maximum absolute atomic E-state index is 12.6. The van der Waals surface area contributed by atoms with Crippen molar-refractivity contribution in [2.24, 2.45) is 5.92 Å². The van der Waals surface area contributed by atoms with Crippen molar-refractivity contribution in [3.63, 3.8) is 0 Å². The number of pyridine rings is 1. The molecular formula is C16H18N4O3. The second-order valence-corrected chi connectivity index (χ2v) is 5.53. The fourth-order valence-electron chi connectivity index (χ4n) is 2.68. The van der Waals surface area contributed by atoms with Crippen LogP contribution in [0.4, 0.5) is 0 Å². The number of amides is 1. The summed E-state index contributed by atoms with van der Waals surface area (Å²) in [5.74, 6) is 0.0827. The molecular weight excluding hydrogens is 296 g/mol. The zero-order chi connectivity index (χ0) is 16.1. The molecule has 7 nitrogen and oxygen atoms in total. The van der Waals surface area contributed by atoms with Crippen LogP contribution in [0, 0.1) is 5.92 Å². The van der Waals surface area contributed by atoms with Crippen LogP contribution in [0.15, 0.2) is 41.7 Å². The molecule has 1 atom stereocenters. The number of ether oxygens (including phenoxy) is 1. The third-order valence-corrected chi connectivity index (χ3v) is 3.78. The van der Waals surface area contributed by atoms with Crippen molar-refractivity contribution < 1.29 is 9.53 Å². The van der Waals surface area contributed by atoms with Gasteiger partial charge in [0.2, 0.25) is 0 Å². The van der Waals surface area contributed by atoms with Crippen LogP contribution in [-0.2, 0) is 11.2 Å². The summed E-state index contributed by atoms with van der Waals surface area (Å²) in [6, 6.07) is 4.91. The summed E-state index contributed by atoms with van der Waals surface area (Å²) in [4.78, 5) is 36.3. The first kappa shape index (κ1) is 15.4.